The fraction of sp³-hybridized carbons (Fsp3) is 0.448. The summed E-state index contributed by atoms with van der Waals surface area (Å²) < 4.78 is 0. The molecule has 0 bridgehead atoms. The Bertz CT molecular complexity index is 1230. The Hall–Kier alpha value is -4.28. The van der Waals surface area contributed by atoms with Gasteiger partial charge in [-0.1, -0.05) is 18.9 Å². The highest BCUT2D eigenvalue weighted by atomic mass is 16.4. The van der Waals surface area contributed by atoms with Crippen LogP contribution in [0.25, 0.3) is 0 Å². The smallest absolute Gasteiger partial charge is 0.303 e. The van der Waals surface area contributed by atoms with Crippen LogP contribution in [0.1, 0.15) is 73.7 Å². The van der Waals surface area contributed by atoms with Crippen molar-refractivity contribution >= 4 is 46.6 Å². The predicted octanol–water partition coefficient (Wildman–Crippen LogP) is 4.24. The molecule has 0 aliphatic carbocycles. The molecule has 4 rings (SSSR count). The lowest BCUT2D eigenvalue weighted by Gasteiger charge is -2.15. The van der Waals surface area contributed by atoms with Gasteiger partial charge in [0, 0.05) is 55.5 Å². The largest absolute Gasteiger partial charge is 0.481 e. The number of nitrogens with zero attached hydrogens (tertiary/aromatic N) is 3. The second-order valence-corrected chi connectivity index (χ2v) is 9.96. The molecule has 0 spiro atoms. The fourth-order valence-electron chi connectivity index (χ4n) is 4.62. The van der Waals surface area contributed by atoms with E-state index in [1.165, 1.54) is 6.20 Å². The topological polar surface area (TPSA) is 157 Å². The molecule has 11 nitrogen and oxygen atoms in total. The molecule has 11 heteroatoms. The Balaban J connectivity index is 1.44. The van der Waals surface area contributed by atoms with Gasteiger partial charge < -0.3 is 26.4 Å². The summed E-state index contributed by atoms with van der Waals surface area (Å²) in [4.78, 5) is 50.2. The molecule has 2 aromatic rings. The molecule has 212 valence electrons. The average Bonchev–Trinajstić information content (AvgIpc) is 3.36. The maximum atomic E-state index is 13.2. The van der Waals surface area contributed by atoms with E-state index in [2.05, 4.69) is 36.2 Å². The number of aliphatic imine (C=N–C) groups is 2. The SMILES string of the molecule is O=C(O)CCc1cccnc1NC(=O)CNC(=O)c1cc(NC2=NCCCCC2)cc(NC2=NCCCCC2)c1. The van der Waals surface area contributed by atoms with E-state index in [-0.39, 0.29) is 25.2 Å². The third-order valence-corrected chi connectivity index (χ3v) is 6.69. The van der Waals surface area contributed by atoms with Crippen LogP contribution in [0.2, 0.25) is 0 Å². The zero-order valence-corrected chi connectivity index (χ0v) is 22.7. The van der Waals surface area contributed by atoms with Crippen molar-refractivity contribution < 1.29 is 19.5 Å². The zero-order chi connectivity index (χ0) is 28.2. The standard InChI is InChI=1S/C29H37N7O4/c37-26(36-28-20(8-7-15-32-28)11-12-27(38)39)19-33-29(40)21-16-22(34-24-9-3-1-5-13-30-24)18-23(17-21)35-25-10-4-2-6-14-31-25/h7-8,15-18H,1-6,9-14,19H2,(H,30,34)(H,31,35)(H,33,40)(H,38,39)(H,32,36,37). The van der Waals surface area contributed by atoms with Gasteiger partial charge >= 0.3 is 5.97 Å². The van der Waals surface area contributed by atoms with E-state index in [0.717, 1.165) is 87.5 Å². The van der Waals surface area contributed by atoms with Crippen LogP contribution in [0.5, 0.6) is 0 Å². The van der Waals surface area contributed by atoms with Crippen molar-refractivity contribution in [2.75, 3.05) is 35.6 Å². The second kappa shape index (κ2) is 14.8. The fourth-order valence-corrected chi connectivity index (χ4v) is 4.62. The number of carboxylic acid groups (broad SMARTS) is 1. The highest BCUT2D eigenvalue weighted by Gasteiger charge is 2.15. The Labute approximate surface area is 234 Å². The highest BCUT2D eigenvalue weighted by molar-refractivity contribution is 6.04. The van der Waals surface area contributed by atoms with Crippen LogP contribution in [0.3, 0.4) is 0 Å². The summed E-state index contributed by atoms with van der Waals surface area (Å²) in [6.07, 6.45) is 9.95. The second-order valence-electron chi connectivity index (χ2n) is 9.96. The molecule has 0 unspecified atom stereocenters. The van der Waals surface area contributed by atoms with E-state index in [1.807, 2.05) is 6.07 Å². The van der Waals surface area contributed by atoms with Gasteiger partial charge in [0.25, 0.3) is 5.91 Å². The number of benzene rings is 1. The molecule has 1 aromatic carbocycles. The minimum atomic E-state index is -0.934. The maximum absolute atomic E-state index is 13.2. The number of aryl methyl sites for hydroxylation is 1. The van der Waals surface area contributed by atoms with Crippen LogP contribution in [0.4, 0.5) is 17.2 Å². The van der Waals surface area contributed by atoms with Gasteiger partial charge in [0.2, 0.25) is 5.91 Å². The first-order valence-electron chi connectivity index (χ1n) is 14.0. The number of pyridine rings is 1. The number of rotatable bonds is 9. The van der Waals surface area contributed by atoms with Crippen LogP contribution >= 0.6 is 0 Å². The van der Waals surface area contributed by atoms with Crippen molar-refractivity contribution in [3.63, 3.8) is 0 Å². The lowest BCUT2D eigenvalue weighted by Crippen LogP contribution is -2.33. The van der Waals surface area contributed by atoms with Gasteiger partial charge in [-0.05, 0) is 61.9 Å². The van der Waals surface area contributed by atoms with E-state index in [4.69, 9.17) is 5.11 Å². The molecule has 1 aromatic heterocycles. The van der Waals surface area contributed by atoms with Crippen LogP contribution in [-0.4, -0.2) is 59.2 Å². The van der Waals surface area contributed by atoms with Gasteiger partial charge in [-0.3, -0.25) is 24.4 Å². The van der Waals surface area contributed by atoms with E-state index in [1.54, 1.807) is 24.3 Å². The summed E-state index contributed by atoms with van der Waals surface area (Å²) in [6.45, 7) is 1.30. The summed E-state index contributed by atoms with van der Waals surface area (Å²) in [5.74, 6) is 0.296. The van der Waals surface area contributed by atoms with E-state index < -0.39 is 17.8 Å². The Kier molecular flexibility index (Phi) is 10.6. The molecule has 0 radical (unpaired) electrons. The molecule has 2 aliphatic heterocycles. The van der Waals surface area contributed by atoms with Crippen molar-refractivity contribution in [3.05, 3.63) is 47.7 Å². The molecule has 40 heavy (non-hydrogen) atoms. The molecule has 5 N–H and O–H groups in total. The number of hydrogen-bond acceptors (Lipinski definition) is 8. The monoisotopic (exact) mass is 547 g/mol. The van der Waals surface area contributed by atoms with E-state index >= 15 is 0 Å². The minimum absolute atomic E-state index is 0.0785. The first-order valence-corrected chi connectivity index (χ1v) is 14.0. The summed E-state index contributed by atoms with van der Waals surface area (Å²) in [5, 5.41) is 21.1. The highest BCUT2D eigenvalue weighted by Crippen LogP contribution is 2.22. The Morgan fingerprint density at radius 2 is 1.50 bits per heavy atom. The van der Waals surface area contributed by atoms with Crippen molar-refractivity contribution in [1.82, 2.24) is 10.3 Å². The molecule has 0 atom stereocenters. The number of nitrogens with one attached hydrogen (secondary N) is 4. The number of anilines is 3. The molecular formula is C29H37N7O4. The van der Waals surface area contributed by atoms with Crippen molar-refractivity contribution in [3.8, 4) is 0 Å². The summed E-state index contributed by atoms with van der Waals surface area (Å²) in [7, 11) is 0. The molecule has 3 heterocycles. The molecule has 0 fully saturated rings. The number of hydrogen-bond donors (Lipinski definition) is 5. The summed E-state index contributed by atoms with van der Waals surface area (Å²) in [6, 6.07) is 8.86. The normalized spacial score (nSPS) is 15.5. The molecule has 2 amide bonds. The van der Waals surface area contributed by atoms with E-state index in [9.17, 15) is 14.4 Å². The number of carbonyl (C=O) groups is 3. The van der Waals surface area contributed by atoms with Crippen LogP contribution < -0.4 is 21.3 Å². The Morgan fingerprint density at radius 3 is 2.12 bits per heavy atom. The van der Waals surface area contributed by atoms with Gasteiger partial charge in [-0.15, -0.1) is 0 Å². The van der Waals surface area contributed by atoms with Gasteiger partial charge in [0.05, 0.1) is 6.54 Å². The lowest BCUT2D eigenvalue weighted by atomic mass is 10.1. The summed E-state index contributed by atoms with van der Waals surface area (Å²) in [5.41, 5.74) is 2.49. The summed E-state index contributed by atoms with van der Waals surface area (Å²) >= 11 is 0. The van der Waals surface area contributed by atoms with Crippen LogP contribution in [0.15, 0.2) is 46.5 Å². The van der Waals surface area contributed by atoms with Crippen molar-refractivity contribution in [1.29, 1.82) is 0 Å². The third-order valence-electron chi connectivity index (χ3n) is 6.69. The number of amidine groups is 2. The quantitative estimate of drug-likeness (QED) is 0.314. The molecule has 0 saturated carbocycles. The van der Waals surface area contributed by atoms with Gasteiger partial charge in [-0.2, -0.15) is 0 Å². The first-order chi connectivity index (χ1) is 19.5. The van der Waals surface area contributed by atoms with Crippen molar-refractivity contribution in [2.45, 2.75) is 64.2 Å². The number of carboxylic acids is 1. The number of carbonyl (C=O) groups excluding carboxylic acids is 2. The lowest BCUT2D eigenvalue weighted by molar-refractivity contribution is -0.137. The van der Waals surface area contributed by atoms with Crippen LogP contribution in [0, 0.1) is 0 Å². The molecule has 2 aliphatic rings. The Morgan fingerprint density at radius 1 is 0.850 bits per heavy atom. The average molecular weight is 548 g/mol. The number of amides is 2. The number of aliphatic carboxylic acids is 1. The number of aromatic nitrogens is 1. The van der Waals surface area contributed by atoms with Crippen LogP contribution in [-0.2, 0) is 16.0 Å². The first kappa shape index (κ1) is 28.7. The van der Waals surface area contributed by atoms with Gasteiger partial charge in [0.15, 0.2) is 0 Å². The van der Waals surface area contributed by atoms with E-state index in [0.29, 0.717) is 11.1 Å². The zero-order valence-electron chi connectivity index (χ0n) is 22.7. The third kappa shape index (κ3) is 9.18. The molecule has 0 saturated heterocycles. The van der Waals surface area contributed by atoms with Crippen molar-refractivity contribution in [2.24, 2.45) is 9.98 Å². The predicted molar refractivity (Wildman–Crippen MR) is 156 cm³/mol. The van der Waals surface area contributed by atoms with Gasteiger partial charge in [0.1, 0.15) is 17.5 Å². The minimum Gasteiger partial charge on any atom is -0.481 e. The maximum Gasteiger partial charge on any atom is 0.303 e. The molecular weight excluding hydrogens is 510 g/mol. The van der Waals surface area contributed by atoms with Gasteiger partial charge in [-0.25, -0.2) is 4.98 Å².